The summed E-state index contributed by atoms with van der Waals surface area (Å²) in [5.41, 5.74) is 0.321. The molecule has 1 fully saturated rings. The number of morpholine rings is 1. The Morgan fingerprint density at radius 3 is 2.67 bits per heavy atom. The van der Waals surface area contributed by atoms with Crippen LogP contribution in [0.25, 0.3) is 0 Å². The topological polar surface area (TPSA) is 50.4 Å². The van der Waals surface area contributed by atoms with Gasteiger partial charge in [0.1, 0.15) is 6.10 Å². The molecule has 1 rings (SSSR count). The second-order valence-electron chi connectivity index (χ2n) is 6.07. The lowest BCUT2D eigenvalue weighted by atomic mass is 9.89. The van der Waals surface area contributed by atoms with Gasteiger partial charge in [-0.15, -0.1) is 12.4 Å². The standard InChI is InChI=1S/C13H26N2O2.ClH/c1-10(5-6-13(2,3)4)15-12(16)11-9-14-7-8-17-11;/h10-11,14H,5-9H2,1-4H3,(H,15,16);1H. The number of nitrogens with one attached hydrogen (secondary N) is 2. The third kappa shape index (κ3) is 7.19. The minimum absolute atomic E-state index is 0. The van der Waals surface area contributed by atoms with Crippen LogP contribution in [0.1, 0.15) is 40.5 Å². The number of carbonyl (C=O) groups is 1. The van der Waals surface area contributed by atoms with Crippen LogP contribution in [0.4, 0.5) is 0 Å². The van der Waals surface area contributed by atoms with Crippen LogP contribution in [-0.2, 0) is 9.53 Å². The molecule has 1 amide bonds. The molecule has 0 aromatic rings. The Morgan fingerprint density at radius 2 is 2.17 bits per heavy atom. The first-order valence-corrected chi connectivity index (χ1v) is 6.51. The number of amides is 1. The number of rotatable bonds is 4. The van der Waals surface area contributed by atoms with E-state index < -0.39 is 0 Å². The lowest BCUT2D eigenvalue weighted by Gasteiger charge is -2.26. The second kappa shape index (κ2) is 7.97. The summed E-state index contributed by atoms with van der Waals surface area (Å²) < 4.78 is 5.41. The minimum Gasteiger partial charge on any atom is -0.366 e. The molecule has 1 saturated heterocycles. The average molecular weight is 279 g/mol. The van der Waals surface area contributed by atoms with Gasteiger partial charge in [-0.2, -0.15) is 0 Å². The summed E-state index contributed by atoms with van der Waals surface area (Å²) in [6.07, 6.45) is 1.80. The highest BCUT2D eigenvalue weighted by Gasteiger charge is 2.23. The van der Waals surface area contributed by atoms with Crippen molar-refractivity contribution in [1.82, 2.24) is 10.6 Å². The third-order valence-corrected chi connectivity index (χ3v) is 2.94. The van der Waals surface area contributed by atoms with E-state index in [1.165, 1.54) is 0 Å². The maximum atomic E-state index is 11.9. The van der Waals surface area contributed by atoms with Crippen LogP contribution in [0.2, 0.25) is 0 Å². The zero-order valence-corrected chi connectivity index (χ0v) is 12.7. The monoisotopic (exact) mass is 278 g/mol. The summed E-state index contributed by atoms with van der Waals surface area (Å²) in [5.74, 6) is 0.0126. The first kappa shape index (κ1) is 17.7. The first-order chi connectivity index (χ1) is 7.88. The molecule has 2 atom stereocenters. The van der Waals surface area contributed by atoms with Crippen molar-refractivity contribution in [2.75, 3.05) is 19.7 Å². The normalized spacial score (nSPS) is 21.9. The van der Waals surface area contributed by atoms with E-state index in [0.29, 0.717) is 18.6 Å². The molecule has 0 bridgehead atoms. The molecule has 0 radical (unpaired) electrons. The van der Waals surface area contributed by atoms with Gasteiger partial charge in [0, 0.05) is 19.1 Å². The Bertz CT molecular complexity index is 248. The largest absolute Gasteiger partial charge is 0.366 e. The summed E-state index contributed by atoms with van der Waals surface area (Å²) in [6, 6.07) is 0.215. The molecule has 0 spiro atoms. The van der Waals surface area contributed by atoms with Crippen LogP contribution in [0.15, 0.2) is 0 Å². The molecule has 4 nitrogen and oxygen atoms in total. The van der Waals surface area contributed by atoms with E-state index in [4.69, 9.17) is 4.74 Å². The Labute approximate surface area is 117 Å². The Morgan fingerprint density at radius 1 is 1.50 bits per heavy atom. The van der Waals surface area contributed by atoms with Gasteiger partial charge in [0.05, 0.1) is 6.61 Å². The molecule has 2 N–H and O–H groups in total. The Kier molecular flexibility index (Phi) is 7.83. The van der Waals surface area contributed by atoms with Crippen molar-refractivity contribution >= 4 is 18.3 Å². The van der Waals surface area contributed by atoms with E-state index >= 15 is 0 Å². The zero-order chi connectivity index (χ0) is 12.9. The Balaban J connectivity index is 0.00000289. The third-order valence-electron chi connectivity index (χ3n) is 2.94. The number of ether oxygens (including phenoxy) is 1. The van der Waals surface area contributed by atoms with Gasteiger partial charge in [-0.3, -0.25) is 4.79 Å². The van der Waals surface area contributed by atoms with Crippen LogP contribution in [0.3, 0.4) is 0 Å². The van der Waals surface area contributed by atoms with Crippen LogP contribution in [0, 0.1) is 5.41 Å². The van der Waals surface area contributed by atoms with E-state index in [2.05, 4.69) is 38.3 Å². The smallest absolute Gasteiger partial charge is 0.250 e. The van der Waals surface area contributed by atoms with E-state index in [9.17, 15) is 4.79 Å². The average Bonchev–Trinajstić information content (AvgIpc) is 2.27. The van der Waals surface area contributed by atoms with Crippen molar-refractivity contribution in [3.05, 3.63) is 0 Å². The molecule has 1 heterocycles. The van der Waals surface area contributed by atoms with Crippen molar-refractivity contribution in [2.24, 2.45) is 5.41 Å². The summed E-state index contributed by atoms with van der Waals surface area (Å²) in [7, 11) is 0. The van der Waals surface area contributed by atoms with Crippen molar-refractivity contribution in [1.29, 1.82) is 0 Å². The molecular weight excluding hydrogens is 252 g/mol. The quantitative estimate of drug-likeness (QED) is 0.823. The fraction of sp³-hybridized carbons (Fsp3) is 0.923. The van der Waals surface area contributed by atoms with Crippen molar-refractivity contribution < 1.29 is 9.53 Å². The number of carbonyl (C=O) groups excluding carboxylic acids is 1. The summed E-state index contributed by atoms with van der Waals surface area (Å²) in [5, 5.41) is 6.18. The summed E-state index contributed by atoms with van der Waals surface area (Å²) in [4.78, 5) is 11.9. The predicted molar refractivity (Wildman–Crippen MR) is 76.2 cm³/mol. The molecular formula is C13H27ClN2O2. The fourth-order valence-corrected chi connectivity index (χ4v) is 1.79. The molecule has 0 aliphatic carbocycles. The van der Waals surface area contributed by atoms with Crippen molar-refractivity contribution in [3.63, 3.8) is 0 Å². The second-order valence-corrected chi connectivity index (χ2v) is 6.07. The number of hydrogen-bond donors (Lipinski definition) is 2. The molecule has 5 heteroatoms. The summed E-state index contributed by atoms with van der Waals surface area (Å²) in [6.45, 7) is 10.8. The summed E-state index contributed by atoms with van der Waals surface area (Å²) >= 11 is 0. The van der Waals surface area contributed by atoms with Crippen molar-refractivity contribution in [3.8, 4) is 0 Å². The number of hydrogen-bond acceptors (Lipinski definition) is 3. The van der Waals surface area contributed by atoms with E-state index in [-0.39, 0.29) is 30.5 Å². The number of halogens is 1. The van der Waals surface area contributed by atoms with Crippen LogP contribution in [0.5, 0.6) is 0 Å². The van der Waals surface area contributed by atoms with Crippen LogP contribution in [-0.4, -0.2) is 37.7 Å². The highest BCUT2D eigenvalue weighted by Crippen LogP contribution is 2.21. The molecule has 1 aliphatic rings. The van der Waals surface area contributed by atoms with E-state index in [1.54, 1.807) is 0 Å². The maximum absolute atomic E-state index is 11.9. The van der Waals surface area contributed by atoms with E-state index in [0.717, 1.165) is 19.4 Å². The maximum Gasteiger partial charge on any atom is 0.250 e. The van der Waals surface area contributed by atoms with Gasteiger partial charge < -0.3 is 15.4 Å². The first-order valence-electron chi connectivity index (χ1n) is 6.51. The van der Waals surface area contributed by atoms with Gasteiger partial charge in [-0.05, 0) is 25.2 Å². The van der Waals surface area contributed by atoms with Gasteiger partial charge in [0.15, 0.2) is 0 Å². The van der Waals surface area contributed by atoms with Gasteiger partial charge in [0.25, 0.3) is 5.91 Å². The van der Waals surface area contributed by atoms with Gasteiger partial charge in [-0.1, -0.05) is 20.8 Å². The zero-order valence-electron chi connectivity index (χ0n) is 11.9. The lowest BCUT2D eigenvalue weighted by molar-refractivity contribution is -0.134. The Hall–Kier alpha value is -0.320. The molecule has 1 aliphatic heterocycles. The van der Waals surface area contributed by atoms with Crippen LogP contribution < -0.4 is 10.6 Å². The molecule has 0 aromatic heterocycles. The van der Waals surface area contributed by atoms with Gasteiger partial charge in [-0.25, -0.2) is 0 Å². The van der Waals surface area contributed by atoms with Gasteiger partial charge in [0.2, 0.25) is 0 Å². The van der Waals surface area contributed by atoms with Crippen LogP contribution >= 0.6 is 12.4 Å². The van der Waals surface area contributed by atoms with Crippen molar-refractivity contribution in [2.45, 2.75) is 52.7 Å². The molecule has 0 saturated carbocycles. The van der Waals surface area contributed by atoms with Gasteiger partial charge >= 0.3 is 0 Å². The molecule has 108 valence electrons. The lowest BCUT2D eigenvalue weighted by Crippen LogP contribution is -2.49. The molecule has 2 unspecified atom stereocenters. The molecule has 18 heavy (non-hydrogen) atoms. The minimum atomic E-state index is -0.319. The molecule has 0 aromatic carbocycles. The SMILES string of the molecule is CC(CCC(C)(C)C)NC(=O)C1CNCCO1.Cl. The highest BCUT2D eigenvalue weighted by molar-refractivity contribution is 5.85. The fourth-order valence-electron chi connectivity index (χ4n) is 1.79. The highest BCUT2D eigenvalue weighted by atomic mass is 35.5. The predicted octanol–water partition coefficient (Wildman–Crippen LogP) is 1.73. The van der Waals surface area contributed by atoms with E-state index in [1.807, 2.05) is 0 Å².